The first kappa shape index (κ1) is 13.3. The summed E-state index contributed by atoms with van der Waals surface area (Å²) in [5, 5.41) is 11.2. The number of hydrogen-bond acceptors (Lipinski definition) is 4. The smallest absolute Gasteiger partial charge is 0.224 e. The Morgan fingerprint density at radius 2 is 1.90 bits per heavy atom. The van der Waals surface area contributed by atoms with E-state index in [-0.39, 0.29) is 5.28 Å². The van der Waals surface area contributed by atoms with E-state index in [1.54, 1.807) is 0 Å². The Morgan fingerprint density at radius 1 is 1.20 bits per heavy atom. The predicted molar refractivity (Wildman–Crippen MR) is 79.1 cm³/mol. The summed E-state index contributed by atoms with van der Waals surface area (Å²) in [7, 11) is 3.83. The quantitative estimate of drug-likeness (QED) is 0.863. The van der Waals surface area contributed by atoms with Gasteiger partial charge in [-0.2, -0.15) is 0 Å². The highest BCUT2D eigenvalue weighted by molar-refractivity contribution is 6.28. The molecular formula is C15H16ClN3O. The maximum absolute atomic E-state index is 11.1. The summed E-state index contributed by atoms with van der Waals surface area (Å²) in [5.74, 6) is 0.784. The van der Waals surface area contributed by atoms with Crippen molar-refractivity contribution in [3.63, 3.8) is 0 Å². The van der Waals surface area contributed by atoms with Crippen LogP contribution in [-0.2, 0) is 12.0 Å². The van der Waals surface area contributed by atoms with Crippen molar-refractivity contribution in [1.29, 1.82) is 0 Å². The first-order chi connectivity index (χ1) is 9.52. The topological polar surface area (TPSA) is 49.2 Å². The highest BCUT2D eigenvalue weighted by Crippen LogP contribution is 2.43. The molecule has 4 nitrogen and oxygen atoms in total. The second-order valence-corrected chi connectivity index (χ2v) is 5.60. The van der Waals surface area contributed by atoms with Crippen LogP contribution in [0.4, 0.5) is 5.82 Å². The van der Waals surface area contributed by atoms with Crippen LogP contribution >= 0.6 is 11.6 Å². The fraction of sp³-hybridized carbons (Fsp3) is 0.333. The third-order valence-corrected chi connectivity index (χ3v) is 3.93. The number of halogens is 1. The third-order valence-electron chi connectivity index (χ3n) is 3.76. The number of aliphatic hydroxyl groups is 1. The molecule has 3 rings (SSSR count). The second-order valence-electron chi connectivity index (χ2n) is 5.26. The zero-order valence-electron chi connectivity index (χ0n) is 11.5. The van der Waals surface area contributed by atoms with Crippen LogP contribution in [0.1, 0.15) is 23.2 Å². The lowest BCUT2D eigenvalue weighted by atomic mass is 9.91. The summed E-state index contributed by atoms with van der Waals surface area (Å²) >= 11 is 6.03. The summed E-state index contributed by atoms with van der Waals surface area (Å²) in [6.07, 6.45) is 1.34. The van der Waals surface area contributed by atoms with Crippen molar-refractivity contribution in [2.45, 2.75) is 18.4 Å². The monoisotopic (exact) mass is 289 g/mol. The van der Waals surface area contributed by atoms with Crippen LogP contribution in [0.5, 0.6) is 0 Å². The van der Waals surface area contributed by atoms with Gasteiger partial charge in [0.2, 0.25) is 5.28 Å². The standard InChI is InChI=1S/C15H16ClN3O/c1-19(2)13-11-8-9-15(20,10-6-4-3-5-7-10)12(11)17-14(16)18-13/h3-7,20H,8-9H2,1-2H3. The molecule has 20 heavy (non-hydrogen) atoms. The van der Waals surface area contributed by atoms with E-state index >= 15 is 0 Å². The second kappa shape index (κ2) is 4.72. The molecule has 1 N–H and O–H groups in total. The summed E-state index contributed by atoms with van der Waals surface area (Å²) in [5.41, 5.74) is 1.38. The number of hydrogen-bond donors (Lipinski definition) is 1. The largest absolute Gasteiger partial charge is 0.379 e. The maximum Gasteiger partial charge on any atom is 0.224 e. The first-order valence-corrected chi connectivity index (χ1v) is 6.92. The van der Waals surface area contributed by atoms with E-state index in [9.17, 15) is 5.11 Å². The van der Waals surface area contributed by atoms with Gasteiger partial charge in [0.05, 0.1) is 5.69 Å². The maximum atomic E-state index is 11.1. The summed E-state index contributed by atoms with van der Waals surface area (Å²) in [6.45, 7) is 0. The van der Waals surface area contributed by atoms with Crippen molar-refractivity contribution < 1.29 is 5.11 Å². The van der Waals surface area contributed by atoms with Gasteiger partial charge < -0.3 is 10.0 Å². The van der Waals surface area contributed by atoms with Crippen LogP contribution < -0.4 is 4.90 Å². The number of rotatable bonds is 2. The number of benzene rings is 1. The molecule has 5 heteroatoms. The van der Waals surface area contributed by atoms with Gasteiger partial charge in [0.15, 0.2) is 0 Å². The van der Waals surface area contributed by atoms with Gasteiger partial charge in [0, 0.05) is 19.7 Å². The lowest BCUT2D eigenvalue weighted by molar-refractivity contribution is 0.0787. The predicted octanol–water partition coefficient (Wildman–Crippen LogP) is 2.38. The molecule has 0 spiro atoms. The summed E-state index contributed by atoms with van der Waals surface area (Å²) < 4.78 is 0. The summed E-state index contributed by atoms with van der Waals surface area (Å²) in [6, 6.07) is 9.60. The van der Waals surface area contributed by atoms with E-state index in [0.717, 1.165) is 23.4 Å². The van der Waals surface area contributed by atoms with Crippen molar-refractivity contribution in [3.8, 4) is 0 Å². The molecule has 1 aliphatic carbocycles. The molecule has 1 heterocycles. The molecule has 0 saturated heterocycles. The number of fused-ring (bicyclic) bond motifs is 1. The van der Waals surface area contributed by atoms with E-state index in [1.807, 2.05) is 49.3 Å². The van der Waals surface area contributed by atoms with Gasteiger partial charge in [-0.3, -0.25) is 0 Å². The van der Waals surface area contributed by atoms with Crippen LogP contribution in [0.2, 0.25) is 5.28 Å². The average molecular weight is 290 g/mol. The van der Waals surface area contributed by atoms with Gasteiger partial charge >= 0.3 is 0 Å². The lowest BCUT2D eigenvalue weighted by Crippen LogP contribution is -2.26. The highest BCUT2D eigenvalue weighted by Gasteiger charge is 2.42. The number of aromatic nitrogens is 2. The van der Waals surface area contributed by atoms with Crippen LogP contribution in [0.25, 0.3) is 0 Å². The Balaban J connectivity index is 2.20. The fourth-order valence-electron chi connectivity index (χ4n) is 2.81. The van der Waals surface area contributed by atoms with Gasteiger partial charge in [-0.1, -0.05) is 30.3 Å². The van der Waals surface area contributed by atoms with Gasteiger partial charge in [-0.25, -0.2) is 9.97 Å². The zero-order valence-corrected chi connectivity index (χ0v) is 12.2. The number of anilines is 1. The van der Waals surface area contributed by atoms with Gasteiger partial charge in [-0.05, 0) is 30.0 Å². The Hall–Kier alpha value is -1.65. The van der Waals surface area contributed by atoms with Crippen LogP contribution in [0, 0.1) is 0 Å². The molecule has 0 amide bonds. The molecule has 0 radical (unpaired) electrons. The molecular weight excluding hydrogens is 274 g/mol. The minimum atomic E-state index is -1.08. The molecule has 1 aliphatic rings. The molecule has 0 bridgehead atoms. The Labute approximate surface area is 123 Å². The summed E-state index contributed by atoms with van der Waals surface area (Å²) in [4.78, 5) is 10.5. The van der Waals surface area contributed by atoms with Crippen molar-refractivity contribution in [2.75, 3.05) is 19.0 Å². The SMILES string of the molecule is CN(C)c1nc(Cl)nc2c1CCC2(O)c1ccccc1. The number of nitrogens with zero attached hydrogens (tertiary/aromatic N) is 3. The third kappa shape index (κ3) is 1.96. The molecule has 0 saturated carbocycles. The Morgan fingerprint density at radius 3 is 2.55 bits per heavy atom. The van der Waals surface area contributed by atoms with E-state index < -0.39 is 5.60 Å². The molecule has 2 aromatic rings. The van der Waals surface area contributed by atoms with Gasteiger partial charge in [-0.15, -0.1) is 0 Å². The fourth-order valence-corrected chi connectivity index (χ4v) is 2.97. The van der Waals surface area contributed by atoms with E-state index in [0.29, 0.717) is 12.1 Å². The zero-order chi connectivity index (χ0) is 14.3. The molecule has 104 valence electrons. The molecule has 0 aliphatic heterocycles. The Bertz CT molecular complexity index is 645. The van der Waals surface area contributed by atoms with Crippen molar-refractivity contribution >= 4 is 17.4 Å². The molecule has 1 atom stereocenters. The van der Waals surface area contributed by atoms with Gasteiger partial charge in [0.25, 0.3) is 0 Å². The minimum absolute atomic E-state index is 0.170. The van der Waals surface area contributed by atoms with Crippen molar-refractivity contribution in [3.05, 3.63) is 52.4 Å². The van der Waals surface area contributed by atoms with E-state index in [1.165, 1.54) is 0 Å². The molecule has 1 aromatic heterocycles. The molecule has 1 unspecified atom stereocenters. The van der Waals surface area contributed by atoms with Crippen molar-refractivity contribution in [2.24, 2.45) is 0 Å². The first-order valence-electron chi connectivity index (χ1n) is 6.54. The van der Waals surface area contributed by atoms with E-state index in [4.69, 9.17) is 11.6 Å². The average Bonchev–Trinajstić information content (AvgIpc) is 2.78. The Kier molecular flexibility index (Phi) is 3.15. The minimum Gasteiger partial charge on any atom is -0.379 e. The van der Waals surface area contributed by atoms with Crippen LogP contribution in [0.3, 0.4) is 0 Å². The normalized spacial score (nSPS) is 20.8. The van der Waals surface area contributed by atoms with Crippen LogP contribution in [-0.4, -0.2) is 29.2 Å². The lowest BCUT2D eigenvalue weighted by Gasteiger charge is -2.24. The highest BCUT2D eigenvalue weighted by atomic mass is 35.5. The van der Waals surface area contributed by atoms with Gasteiger partial charge in [0.1, 0.15) is 11.4 Å². The molecule has 1 aromatic carbocycles. The van der Waals surface area contributed by atoms with Crippen molar-refractivity contribution in [1.82, 2.24) is 9.97 Å². The van der Waals surface area contributed by atoms with E-state index in [2.05, 4.69) is 9.97 Å². The molecule has 0 fully saturated rings. The van der Waals surface area contributed by atoms with Crippen LogP contribution in [0.15, 0.2) is 30.3 Å².